The van der Waals surface area contributed by atoms with Gasteiger partial charge in [-0.3, -0.25) is 0 Å². The van der Waals surface area contributed by atoms with Crippen LogP contribution in [0.4, 0.5) is 8.78 Å². The third-order valence-electron chi connectivity index (χ3n) is 1.51. The monoisotopic (exact) mass is 251 g/mol. The molecule has 2 rings (SSSR count). The van der Waals surface area contributed by atoms with Crippen LogP contribution in [-0.2, 0) is 5.38 Å². The van der Waals surface area contributed by atoms with E-state index in [0.717, 1.165) is 5.01 Å². The number of aryl methyl sites for hydroxylation is 1. The van der Waals surface area contributed by atoms with Gasteiger partial charge in [0.1, 0.15) is 0 Å². The molecule has 80 valence electrons. The van der Waals surface area contributed by atoms with Crippen LogP contribution in [0, 0.1) is 6.92 Å². The summed E-state index contributed by atoms with van der Waals surface area (Å²) in [7, 11) is 0. The Morgan fingerprint density at radius 3 is 2.73 bits per heavy atom. The summed E-state index contributed by atoms with van der Waals surface area (Å²) in [5.74, 6) is -0.846. The van der Waals surface area contributed by atoms with Crippen molar-refractivity contribution in [3.8, 4) is 10.7 Å². The minimum absolute atomic E-state index is 0.0657. The second-order valence-electron chi connectivity index (χ2n) is 2.66. The minimum Gasteiger partial charge on any atom is -0.331 e. The predicted molar refractivity (Wildman–Crippen MR) is 49.9 cm³/mol. The van der Waals surface area contributed by atoms with Crippen LogP contribution in [0.25, 0.3) is 10.7 Å². The van der Waals surface area contributed by atoms with Gasteiger partial charge in [-0.05, 0) is 18.5 Å². The summed E-state index contributed by atoms with van der Waals surface area (Å²) in [6, 6.07) is 0. The molecule has 0 saturated carbocycles. The van der Waals surface area contributed by atoms with Gasteiger partial charge < -0.3 is 4.52 Å². The van der Waals surface area contributed by atoms with E-state index in [1.807, 2.05) is 0 Å². The van der Waals surface area contributed by atoms with E-state index in [9.17, 15) is 8.78 Å². The molecule has 4 nitrogen and oxygen atoms in total. The van der Waals surface area contributed by atoms with E-state index in [2.05, 4.69) is 19.6 Å². The lowest BCUT2D eigenvalue weighted by Crippen LogP contribution is -2.03. The standard InChI is InChI=1S/C7H4ClF2N3OS/c1-3-11-2-4(15-3)5-12-6(14-13-5)7(8,9)10/h2H,1H3. The molecule has 0 atom stereocenters. The molecular weight excluding hydrogens is 248 g/mol. The van der Waals surface area contributed by atoms with E-state index in [1.165, 1.54) is 17.5 Å². The summed E-state index contributed by atoms with van der Waals surface area (Å²) in [4.78, 5) is 7.98. The van der Waals surface area contributed by atoms with Crippen LogP contribution in [0.15, 0.2) is 10.7 Å². The topological polar surface area (TPSA) is 51.8 Å². The van der Waals surface area contributed by atoms with E-state index in [1.54, 1.807) is 6.92 Å². The number of thiazole rings is 1. The van der Waals surface area contributed by atoms with Crippen LogP contribution >= 0.6 is 22.9 Å². The number of hydrogen-bond donors (Lipinski definition) is 0. The Hall–Kier alpha value is -1.08. The molecule has 0 bridgehead atoms. The van der Waals surface area contributed by atoms with E-state index in [-0.39, 0.29) is 5.82 Å². The number of hydrogen-bond acceptors (Lipinski definition) is 5. The zero-order chi connectivity index (χ0) is 11.1. The maximum Gasteiger partial charge on any atom is 0.400 e. The molecule has 0 spiro atoms. The van der Waals surface area contributed by atoms with E-state index in [0.29, 0.717) is 4.88 Å². The van der Waals surface area contributed by atoms with Crippen molar-refractivity contribution < 1.29 is 13.3 Å². The Balaban J connectivity index is 2.36. The molecule has 0 aliphatic carbocycles. The van der Waals surface area contributed by atoms with Crippen LogP contribution in [0.1, 0.15) is 10.9 Å². The highest BCUT2D eigenvalue weighted by molar-refractivity contribution is 7.14. The Morgan fingerprint density at radius 1 is 1.53 bits per heavy atom. The zero-order valence-electron chi connectivity index (χ0n) is 7.37. The van der Waals surface area contributed by atoms with Gasteiger partial charge in [-0.25, -0.2) is 4.98 Å². The van der Waals surface area contributed by atoms with Crippen molar-refractivity contribution in [2.24, 2.45) is 0 Å². The van der Waals surface area contributed by atoms with Gasteiger partial charge in [-0.2, -0.15) is 13.8 Å². The molecular formula is C7H4ClF2N3OS. The lowest BCUT2D eigenvalue weighted by Gasteiger charge is -1.97. The van der Waals surface area contributed by atoms with Gasteiger partial charge in [-0.1, -0.05) is 5.16 Å². The number of aromatic nitrogens is 3. The average molecular weight is 252 g/mol. The SMILES string of the molecule is Cc1ncc(-c2noc(C(F)(F)Cl)n2)s1. The number of nitrogens with zero attached hydrogens (tertiary/aromatic N) is 3. The molecule has 2 aromatic rings. The Morgan fingerprint density at radius 2 is 2.27 bits per heavy atom. The van der Waals surface area contributed by atoms with Crippen LogP contribution < -0.4 is 0 Å². The van der Waals surface area contributed by atoms with Crippen molar-refractivity contribution in [3.05, 3.63) is 17.1 Å². The summed E-state index contributed by atoms with van der Waals surface area (Å²) in [6.07, 6.45) is 1.49. The molecule has 0 N–H and O–H groups in total. The van der Waals surface area contributed by atoms with Gasteiger partial charge in [0, 0.05) is 6.20 Å². The van der Waals surface area contributed by atoms with Crippen molar-refractivity contribution >= 4 is 22.9 Å². The summed E-state index contributed by atoms with van der Waals surface area (Å²) in [6.45, 7) is 1.78. The predicted octanol–water partition coefficient (Wildman–Crippen LogP) is 2.79. The quantitative estimate of drug-likeness (QED) is 0.770. The van der Waals surface area contributed by atoms with Gasteiger partial charge >= 0.3 is 11.3 Å². The largest absolute Gasteiger partial charge is 0.400 e. The van der Waals surface area contributed by atoms with Crippen LogP contribution in [0.5, 0.6) is 0 Å². The normalized spacial score (nSPS) is 12.0. The Kier molecular flexibility index (Phi) is 2.43. The second kappa shape index (κ2) is 3.49. The van der Waals surface area contributed by atoms with Crippen LogP contribution in [-0.4, -0.2) is 15.1 Å². The van der Waals surface area contributed by atoms with Crippen molar-refractivity contribution in [1.29, 1.82) is 0 Å². The lowest BCUT2D eigenvalue weighted by molar-refractivity contribution is 0.0551. The van der Waals surface area contributed by atoms with Gasteiger partial charge in [0.15, 0.2) is 0 Å². The van der Waals surface area contributed by atoms with Gasteiger partial charge in [0.05, 0.1) is 9.88 Å². The average Bonchev–Trinajstić information content (AvgIpc) is 2.69. The Bertz CT molecular complexity index is 479. The maximum atomic E-state index is 12.5. The van der Waals surface area contributed by atoms with Gasteiger partial charge in [0.2, 0.25) is 5.82 Å². The van der Waals surface area contributed by atoms with Crippen molar-refractivity contribution in [2.75, 3.05) is 0 Å². The molecule has 0 aromatic carbocycles. The number of alkyl halides is 3. The van der Waals surface area contributed by atoms with Gasteiger partial charge in [0.25, 0.3) is 0 Å². The Labute approximate surface area is 91.9 Å². The first-order valence-electron chi connectivity index (χ1n) is 3.80. The van der Waals surface area contributed by atoms with E-state index >= 15 is 0 Å². The molecule has 0 aliphatic rings. The highest BCUT2D eigenvalue weighted by Crippen LogP contribution is 2.32. The smallest absolute Gasteiger partial charge is 0.331 e. The number of halogens is 3. The fourth-order valence-corrected chi connectivity index (χ4v) is 1.68. The van der Waals surface area contributed by atoms with Crippen molar-refractivity contribution in [1.82, 2.24) is 15.1 Å². The highest BCUT2D eigenvalue weighted by atomic mass is 35.5. The van der Waals surface area contributed by atoms with Crippen molar-refractivity contribution in [2.45, 2.75) is 12.3 Å². The first-order chi connectivity index (χ1) is 6.97. The number of rotatable bonds is 2. The first-order valence-corrected chi connectivity index (χ1v) is 5.00. The highest BCUT2D eigenvalue weighted by Gasteiger charge is 2.35. The molecule has 0 saturated heterocycles. The summed E-state index contributed by atoms with van der Waals surface area (Å²) in [5, 5.41) is 0.538. The zero-order valence-corrected chi connectivity index (χ0v) is 8.94. The molecule has 8 heteroatoms. The minimum atomic E-state index is -3.63. The first kappa shape index (κ1) is 10.4. The molecule has 2 aromatic heterocycles. The van der Waals surface area contributed by atoms with Crippen molar-refractivity contribution in [3.63, 3.8) is 0 Å². The maximum absolute atomic E-state index is 12.5. The van der Waals surface area contributed by atoms with Crippen LogP contribution in [0.2, 0.25) is 0 Å². The van der Waals surface area contributed by atoms with Crippen LogP contribution in [0.3, 0.4) is 0 Å². The molecule has 0 amide bonds. The molecule has 0 fully saturated rings. The second-order valence-corrected chi connectivity index (χ2v) is 4.37. The molecule has 0 radical (unpaired) electrons. The third-order valence-corrected chi connectivity index (χ3v) is 2.58. The summed E-state index contributed by atoms with van der Waals surface area (Å²) < 4.78 is 29.4. The fraction of sp³-hybridized carbons (Fsp3) is 0.286. The summed E-state index contributed by atoms with van der Waals surface area (Å²) in [5.41, 5.74) is 0. The van der Waals surface area contributed by atoms with E-state index < -0.39 is 11.3 Å². The molecule has 15 heavy (non-hydrogen) atoms. The molecule has 2 heterocycles. The third kappa shape index (κ3) is 2.13. The summed E-state index contributed by atoms with van der Waals surface area (Å²) >= 11 is 6.00. The fourth-order valence-electron chi connectivity index (χ4n) is 0.903. The van der Waals surface area contributed by atoms with E-state index in [4.69, 9.17) is 11.6 Å². The molecule has 0 unspecified atom stereocenters. The van der Waals surface area contributed by atoms with Gasteiger partial charge in [-0.15, -0.1) is 11.3 Å². The molecule has 0 aliphatic heterocycles. The lowest BCUT2D eigenvalue weighted by atomic mass is 10.5.